The van der Waals surface area contributed by atoms with Crippen LogP contribution in [-0.2, 0) is 25.7 Å². The van der Waals surface area contributed by atoms with E-state index in [2.05, 4.69) is 296 Å². The van der Waals surface area contributed by atoms with Crippen LogP contribution in [0, 0.1) is 20.8 Å². The molecule has 0 radical (unpaired) electrons. The van der Waals surface area contributed by atoms with Gasteiger partial charge >= 0.3 is 0 Å². The molecule has 0 bridgehead atoms. The van der Waals surface area contributed by atoms with Crippen molar-refractivity contribution in [3.05, 3.63) is 315 Å². The second-order valence-electron chi connectivity index (χ2n) is 25.1. The van der Waals surface area contributed by atoms with Gasteiger partial charge < -0.3 is 4.98 Å². The van der Waals surface area contributed by atoms with Gasteiger partial charge in [0.25, 0.3) is 0 Å². The van der Waals surface area contributed by atoms with Gasteiger partial charge in [-0.05, 0) is 161 Å². The van der Waals surface area contributed by atoms with Gasteiger partial charge in [0.05, 0.1) is 22.8 Å². The number of aromatic amines is 1. The predicted molar refractivity (Wildman–Crippen MR) is 387 cm³/mol. The van der Waals surface area contributed by atoms with Gasteiger partial charge in [-0.1, -0.05) is 313 Å². The van der Waals surface area contributed by atoms with Crippen molar-refractivity contribution in [2.24, 2.45) is 4.99 Å². The maximum Gasteiger partial charge on any atom is 0.0822 e. The van der Waals surface area contributed by atoms with Crippen LogP contribution in [0.25, 0.3) is 83.6 Å². The maximum atomic E-state index is 6.23. The molecule has 0 aliphatic carbocycles. The zero-order valence-corrected chi connectivity index (χ0v) is 54.0. The molecule has 12 rings (SSSR count). The number of H-pyrrole nitrogens is 1. The van der Waals surface area contributed by atoms with E-state index >= 15 is 0 Å². The highest BCUT2D eigenvalue weighted by molar-refractivity contribution is 6.42. The van der Waals surface area contributed by atoms with Crippen molar-refractivity contribution in [1.82, 2.24) is 4.98 Å². The summed E-state index contributed by atoms with van der Waals surface area (Å²) >= 11 is 0. The van der Waals surface area contributed by atoms with Crippen molar-refractivity contribution in [3.63, 3.8) is 0 Å². The highest BCUT2D eigenvalue weighted by Gasteiger charge is 2.34. The second kappa shape index (κ2) is 28.4. The number of aryl methyl sites for hydroxylation is 7. The van der Waals surface area contributed by atoms with Gasteiger partial charge in [0.2, 0.25) is 0 Å². The Morgan fingerprint density at radius 3 is 0.967 bits per heavy atom. The van der Waals surface area contributed by atoms with Gasteiger partial charge in [0.1, 0.15) is 0 Å². The number of aromatic nitrogens is 1. The third kappa shape index (κ3) is 13.6. The van der Waals surface area contributed by atoms with Crippen LogP contribution in [0.5, 0.6) is 0 Å². The highest BCUT2D eigenvalue weighted by atomic mass is 14.8. The molecule has 10 aromatic carbocycles. The molecule has 0 spiro atoms. The summed E-state index contributed by atoms with van der Waals surface area (Å²) in [4.78, 5) is 10.6. The van der Waals surface area contributed by atoms with Crippen molar-refractivity contribution >= 4 is 22.4 Å². The molecule has 0 unspecified atom stereocenters. The molecule has 1 N–H and O–H groups in total. The van der Waals surface area contributed by atoms with Crippen LogP contribution < -0.4 is 0 Å². The molecule has 11 aromatic rings. The Morgan fingerprint density at radius 1 is 0.289 bits per heavy atom. The summed E-state index contributed by atoms with van der Waals surface area (Å²) in [5.41, 5.74) is 33.8. The molecule has 90 heavy (non-hydrogen) atoms. The van der Waals surface area contributed by atoms with Crippen molar-refractivity contribution < 1.29 is 0 Å². The Hall–Kier alpha value is -9.37. The maximum absolute atomic E-state index is 6.23. The summed E-state index contributed by atoms with van der Waals surface area (Å²) in [6.07, 6.45) is 13.4. The molecule has 1 aromatic heterocycles. The van der Waals surface area contributed by atoms with Crippen LogP contribution in [0.15, 0.2) is 253 Å². The Kier molecular flexibility index (Phi) is 19.2. The lowest BCUT2D eigenvalue weighted by atomic mass is 9.84. The van der Waals surface area contributed by atoms with E-state index in [1.807, 2.05) is 0 Å². The first-order valence-electron chi connectivity index (χ1n) is 33.4. The fraction of sp³-hybridized carbons (Fsp3) is 0.216. The summed E-state index contributed by atoms with van der Waals surface area (Å²) < 4.78 is 0. The molecule has 0 amide bonds. The van der Waals surface area contributed by atoms with Crippen molar-refractivity contribution in [2.45, 2.75) is 126 Å². The fourth-order valence-corrected chi connectivity index (χ4v) is 12.9. The number of rotatable bonds is 23. The topological polar surface area (TPSA) is 28.1 Å². The number of nitrogens with zero attached hydrogens (tertiary/aromatic N) is 1. The number of hydrogen-bond donors (Lipinski definition) is 1. The predicted octanol–water partition coefficient (Wildman–Crippen LogP) is 24.2. The monoisotopic (exact) mass is 1170 g/mol. The molecule has 2 heteroatoms. The molecular weight excluding hydrogens is 1080 g/mol. The quantitative estimate of drug-likeness (QED) is 0.0661. The number of nitrogens with one attached hydrogen (secondary N) is 1. The lowest BCUT2D eigenvalue weighted by Crippen LogP contribution is -2.03. The number of hydrogen-bond acceptors (Lipinski definition) is 1. The van der Waals surface area contributed by atoms with Crippen LogP contribution in [-0.4, -0.2) is 10.7 Å². The summed E-state index contributed by atoms with van der Waals surface area (Å²) in [6.45, 7) is 15.6. The van der Waals surface area contributed by atoms with Gasteiger partial charge in [-0.3, -0.25) is 0 Å². The molecule has 0 atom stereocenters. The van der Waals surface area contributed by atoms with Crippen molar-refractivity contribution in [1.29, 1.82) is 0 Å². The number of allylic oxidation sites excluding steroid dienone is 2. The third-order valence-electron chi connectivity index (χ3n) is 18.3. The molecule has 0 fully saturated rings. The summed E-state index contributed by atoms with van der Waals surface area (Å²) in [6, 6.07) is 92.4. The summed E-state index contributed by atoms with van der Waals surface area (Å²) in [5.74, 6) is 0. The molecule has 1 aliphatic rings. The highest BCUT2D eigenvalue weighted by Crippen LogP contribution is 2.52. The summed E-state index contributed by atoms with van der Waals surface area (Å²) in [5, 5.41) is 0. The van der Waals surface area contributed by atoms with Crippen LogP contribution in [0.2, 0.25) is 0 Å². The average molecular weight is 1170 g/mol. The van der Waals surface area contributed by atoms with Gasteiger partial charge in [-0.2, -0.15) is 0 Å². The van der Waals surface area contributed by atoms with Crippen LogP contribution in [0.4, 0.5) is 0 Å². The minimum Gasteiger partial charge on any atom is -0.353 e. The molecule has 0 saturated carbocycles. The standard InChI is InChI=1S/C88H86N2/c1-8-12-16-63-26-40-73(41-27-63)80-82(75-54-48-70(49-55-75)67-34-20-60(5)21-35-67)87(89-85(80)78-44-30-65(31-45-78)18-14-10-3)84(77-58-52-72(53-59-77)69-38-24-62(7)25-39-69)88-83(76-56-50-71(51-57-76)68-36-22-61(6)23-37-68)81(74-42-28-64(29-43-74)17-13-9-2)86(90-88)79-46-32-66(33-47-79)19-15-11-4/h20-59,89H,8-19H2,1-7H3/b88-84-. The van der Waals surface area contributed by atoms with Gasteiger partial charge in [0.15, 0.2) is 0 Å². The normalized spacial score (nSPS) is 12.9. The van der Waals surface area contributed by atoms with Crippen LogP contribution in [0.1, 0.15) is 146 Å². The van der Waals surface area contributed by atoms with Gasteiger partial charge in [-0.15, -0.1) is 0 Å². The Balaban J connectivity index is 1.22. The average Bonchev–Trinajstić information content (AvgIpc) is 1.57. The first kappa shape index (κ1) is 60.9. The minimum atomic E-state index is 0.929. The lowest BCUT2D eigenvalue weighted by molar-refractivity contribution is 0.795. The number of aliphatic imine (C=N–C) groups is 1. The zero-order valence-electron chi connectivity index (χ0n) is 54.0. The van der Waals surface area contributed by atoms with Crippen LogP contribution in [0.3, 0.4) is 0 Å². The fourth-order valence-electron chi connectivity index (χ4n) is 12.9. The summed E-state index contributed by atoms with van der Waals surface area (Å²) in [7, 11) is 0. The number of unbranched alkanes of at least 4 members (excludes halogenated alkanes) is 4. The first-order valence-corrected chi connectivity index (χ1v) is 33.4. The van der Waals surface area contributed by atoms with E-state index in [0.29, 0.717) is 0 Å². The van der Waals surface area contributed by atoms with E-state index in [-0.39, 0.29) is 0 Å². The van der Waals surface area contributed by atoms with Crippen molar-refractivity contribution in [2.75, 3.05) is 0 Å². The second-order valence-corrected chi connectivity index (χ2v) is 25.1. The van der Waals surface area contributed by atoms with Gasteiger partial charge in [0, 0.05) is 33.4 Å². The Bertz CT molecular complexity index is 4280. The number of benzene rings is 10. The Labute approximate surface area is 536 Å². The molecular formula is C88H86N2. The van der Waals surface area contributed by atoms with E-state index in [1.54, 1.807) is 0 Å². The zero-order chi connectivity index (χ0) is 61.9. The lowest BCUT2D eigenvalue weighted by Gasteiger charge is -2.18. The van der Waals surface area contributed by atoms with E-state index in [0.717, 1.165) is 156 Å². The molecule has 2 nitrogen and oxygen atoms in total. The minimum absolute atomic E-state index is 0.929. The van der Waals surface area contributed by atoms with E-state index < -0.39 is 0 Å². The largest absolute Gasteiger partial charge is 0.353 e. The molecule has 2 heterocycles. The molecule has 0 saturated heterocycles. The van der Waals surface area contributed by atoms with Crippen LogP contribution >= 0.6 is 0 Å². The van der Waals surface area contributed by atoms with E-state index in [9.17, 15) is 0 Å². The smallest absolute Gasteiger partial charge is 0.0822 e. The van der Waals surface area contributed by atoms with E-state index in [1.165, 1.54) is 83.5 Å². The van der Waals surface area contributed by atoms with Gasteiger partial charge in [-0.25, -0.2) is 4.99 Å². The first-order chi connectivity index (χ1) is 44.2. The SMILES string of the molecule is CCCCc1ccc(C2=N/C(=C(/c3ccc(-c4ccc(C)cc4)cc3)c3[nH]c(-c4ccc(CCCC)cc4)c(-c4ccc(CCCC)cc4)c3-c3ccc(-c4ccc(C)cc4)cc3)C(c3ccc(-c4ccc(C)cc4)cc3)=C2c2ccc(CCCC)cc2)cc1. The third-order valence-corrected chi connectivity index (χ3v) is 18.3. The van der Waals surface area contributed by atoms with E-state index in [4.69, 9.17) is 4.99 Å². The molecule has 1 aliphatic heterocycles. The van der Waals surface area contributed by atoms with Crippen molar-refractivity contribution in [3.8, 4) is 66.9 Å². The Morgan fingerprint density at radius 2 is 0.578 bits per heavy atom. The molecule has 448 valence electrons.